The summed E-state index contributed by atoms with van der Waals surface area (Å²) in [5.41, 5.74) is 7.32. The van der Waals surface area contributed by atoms with E-state index in [0.29, 0.717) is 18.2 Å². The highest BCUT2D eigenvalue weighted by atomic mass is 32.1. The molecule has 0 bridgehead atoms. The second kappa shape index (κ2) is 9.20. The highest BCUT2D eigenvalue weighted by Gasteiger charge is 2.38. The van der Waals surface area contributed by atoms with E-state index >= 15 is 0 Å². The first kappa shape index (κ1) is 19.6. The Morgan fingerprint density at radius 3 is 2.81 bits per heavy atom. The van der Waals surface area contributed by atoms with Gasteiger partial charge >= 0.3 is 0 Å². The van der Waals surface area contributed by atoms with Crippen molar-refractivity contribution in [3.05, 3.63) is 48.0 Å². The Labute approximate surface area is 162 Å². The molecule has 0 radical (unpaired) electrons. The van der Waals surface area contributed by atoms with Crippen LogP contribution in [-0.2, 0) is 6.54 Å². The summed E-state index contributed by atoms with van der Waals surface area (Å²) in [7, 11) is 0. The zero-order valence-electron chi connectivity index (χ0n) is 15.5. The zero-order chi connectivity index (χ0) is 18.5. The molecule has 4 N–H and O–H groups in total. The molecule has 0 spiro atoms. The summed E-state index contributed by atoms with van der Waals surface area (Å²) in [5.74, 6) is 1.16. The Morgan fingerprint density at radius 2 is 2.04 bits per heavy atom. The number of nitrogens with one attached hydrogen (secondary N) is 1. The average molecular weight is 374 g/mol. The number of likely N-dealkylation sites (tertiary alicyclic amines) is 1. The van der Waals surface area contributed by atoms with Gasteiger partial charge in [-0.3, -0.25) is 10.2 Å². The summed E-state index contributed by atoms with van der Waals surface area (Å²) in [6, 6.07) is 14.9. The molecule has 26 heavy (non-hydrogen) atoms. The van der Waals surface area contributed by atoms with Crippen LogP contribution in [-0.4, -0.2) is 47.2 Å². The van der Waals surface area contributed by atoms with Crippen molar-refractivity contribution in [2.45, 2.75) is 44.6 Å². The van der Waals surface area contributed by atoms with Gasteiger partial charge in [0.25, 0.3) is 0 Å². The number of thiol groups is 1. The van der Waals surface area contributed by atoms with E-state index < -0.39 is 6.23 Å². The predicted octanol–water partition coefficient (Wildman–Crippen LogP) is 2.61. The molecule has 4 nitrogen and oxygen atoms in total. The maximum absolute atomic E-state index is 10.9. The van der Waals surface area contributed by atoms with E-state index in [1.165, 1.54) is 16.3 Å². The Kier molecular flexibility index (Phi) is 6.95. The van der Waals surface area contributed by atoms with Crippen molar-refractivity contribution in [3.63, 3.8) is 0 Å². The monoisotopic (exact) mass is 373 g/mol. The molecule has 5 heteroatoms. The summed E-state index contributed by atoms with van der Waals surface area (Å²) in [5, 5.41) is 16.8. The molecular weight excluding hydrogens is 342 g/mol. The van der Waals surface area contributed by atoms with E-state index in [-0.39, 0.29) is 12.1 Å². The van der Waals surface area contributed by atoms with Gasteiger partial charge in [0.05, 0.1) is 6.04 Å². The van der Waals surface area contributed by atoms with Crippen LogP contribution in [0.1, 0.15) is 25.3 Å². The smallest absolute Gasteiger partial charge is 0.121 e. The highest BCUT2D eigenvalue weighted by molar-refractivity contribution is 7.80. The van der Waals surface area contributed by atoms with Crippen LogP contribution >= 0.6 is 12.6 Å². The van der Waals surface area contributed by atoms with Gasteiger partial charge in [0.15, 0.2) is 0 Å². The number of nitrogens with zero attached hydrogens (tertiary/aromatic N) is 1. The van der Waals surface area contributed by atoms with Crippen LogP contribution in [0.15, 0.2) is 42.5 Å². The van der Waals surface area contributed by atoms with Gasteiger partial charge in [0, 0.05) is 24.9 Å². The van der Waals surface area contributed by atoms with Crippen LogP contribution in [0, 0.1) is 5.92 Å². The van der Waals surface area contributed by atoms with Crippen LogP contribution in [0.5, 0.6) is 0 Å². The summed E-state index contributed by atoms with van der Waals surface area (Å²) >= 11 is 4.31. The third-order valence-electron chi connectivity index (χ3n) is 5.62. The number of rotatable bonds is 8. The van der Waals surface area contributed by atoms with Crippen LogP contribution in [0.2, 0.25) is 0 Å². The van der Waals surface area contributed by atoms with E-state index in [2.05, 4.69) is 72.2 Å². The van der Waals surface area contributed by atoms with Gasteiger partial charge in [0.1, 0.15) is 6.23 Å². The molecule has 2 aromatic rings. The van der Waals surface area contributed by atoms with Crippen molar-refractivity contribution in [3.8, 4) is 0 Å². The summed E-state index contributed by atoms with van der Waals surface area (Å²) < 4.78 is 0. The summed E-state index contributed by atoms with van der Waals surface area (Å²) in [6.45, 7) is 4.65. The van der Waals surface area contributed by atoms with Crippen LogP contribution in [0.3, 0.4) is 0 Å². The largest absolute Gasteiger partial charge is 0.377 e. The Balaban J connectivity index is 1.69. The van der Waals surface area contributed by atoms with Gasteiger partial charge in [-0.05, 0) is 35.2 Å². The number of aliphatic hydroxyl groups is 1. The van der Waals surface area contributed by atoms with Crippen LogP contribution < -0.4 is 11.1 Å². The molecule has 0 saturated carbocycles. The minimum absolute atomic E-state index is 0.0432. The first-order valence-corrected chi connectivity index (χ1v) is 10.3. The molecule has 2 aromatic carbocycles. The molecular formula is C21H31N3OS. The Hall–Kier alpha value is -1.11. The van der Waals surface area contributed by atoms with Crippen molar-refractivity contribution in [2.24, 2.45) is 11.7 Å². The molecule has 0 amide bonds. The van der Waals surface area contributed by atoms with E-state index in [4.69, 9.17) is 5.73 Å². The molecule has 0 aliphatic carbocycles. The fourth-order valence-electron chi connectivity index (χ4n) is 4.21. The Bertz CT molecular complexity index is 705. The van der Waals surface area contributed by atoms with Gasteiger partial charge in [-0.25, -0.2) is 0 Å². The molecule has 1 aliphatic heterocycles. The summed E-state index contributed by atoms with van der Waals surface area (Å²) in [4.78, 5) is 2.34. The fourth-order valence-corrected chi connectivity index (χ4v) is 4.32. The van der Waals surface area contributed by atoms with Crippen molar-refractivity contribution in [1.82, 2.24) is 10.2 Å². The number of fused-ring (bicyclic) bond motifs is 1. The topological polar surface area (TPSA) is 61.5 Å². The second-order valence-corrected chi connectivity index (χ2v) is 7.71. The van der Waals surface area contributed by atoms with E-state index in [1.54, 1.807) is 0 Å². The summed E-state index contributed by atoms with van der Waals surface area (Å²) in [6.07, 6.45) is 1.63. The van der Waals surface area contributed by atoms with Crippen LogP contribution in [0.4, 0.5) is 0 Å². The normalized spacial score (nSPS) is 23.4. The fraction of sp³-hybridized carbons (Fsp3) is 0.524. The molecule has 1 fully saturated rings. The third kappa shape index (κ3) is 4.41. The first-order valence-electron chi connectivity index (χ1n) is 9.62. The predicted molar refractivity (Wildman–Crippen MR) is 112 cm³/mol. The van der Waals surface area contributed by atoms with E-state index in [1.807, 2.05) is 0 Å². The van der Waals surface area contributed by atoms with E-state index in [9.17, 15) is 5.11 Å². The lowest BCUT2D eigenvalue weighted by molar-refractivity contribution is 0.0260. The van der Waals surface area contributed by atoms with E-state index in [0.717, 1.165) is 25.9 Å². The van der Waals surface area contributed by atoms with Gasteiger partial charge in [-0.15, -0.1) is 0 Å². The maximum atomic E-state index is 10.9. The van der Waals surface area contributed by atoms with Gasteiger partial charge < -0.3 is 10.8 Å². The van der Waals surface area contributed by atoms with Crippen molar-refractivity contribution >= 4 is 23.4 Å². The standard InChI is InChI=1S/C21H31N3OS/c1-2-15-10-11-24(13-18(22)14-26)20(15)21(25)23-12-17-8-5-7-16-6-3-4-9-19(16)17/h3-9,15,18,20-21,23,25-26H,2,10-14,22H2,1H3/t15-,18+,20-,21?/m0/s1. The minimum Gasteiger partial charge on any atom is -0.377 e. The molecule has 1 heterocycles. The molecule has 0 aromatic heterocycles. The minimum atomic E-state index is -0.562. The van der Waals surface area contributed by atoms with Gasteiger partial charge in [-0.2, -0.15) is 12.6 Å². The number of benzene rings is 2. The maximum Gasteiger partial charge on any atom is 0.121 e. The Morgan fingerprint density at radius 1 is 1.27 bits per heavy atom. The molecule has 142 valence electrons. The lowest BCUT2D eigenvalue weighted by Gasteiger charge is -2.33. The SMILES string of the molecule is CC[C@H]1CCN(C[C@@H](N)CS)[C@@H]1C(O)NCc1cccc2ccccc12. The highest BCUT2D eigenvalue weighted by Crippen LogP contribution is 2.29. The molecule has 3 rings (SSSR count). The van der Waals surface area contributed by atoms with Crippen molar-refractivity contribution in [1.29, 1.82) is 0 Å². The second-order valence-electron chi connectivity index (χ2n) is 7.35. The number of aliphatic hydroxyl groups excluding tert-OH is 1. The molecule has 1 unspecified atom stereocenters. The number of nitrogens with two attached hydrogens (primary N) is 1. The number of hydrogen-bond acceptors (Lipinski definition) is 5. The number of hydrogen-bond donors (Lipinski definition) is 4. The quantitative estimate of drug-likeness (QED) is 0.424. The van der Waals surface area contributed by atoms with Crippen molar-refractivity contribution < 1.29 is 5.11 Å². The van der Waals surface area contributed by atoms with Gasteiger partial charge in [-0.1, -0.05) is 55.8 Å². The lowest BCUT2D eigenvalue weighted by atomic mass is 9.95. The lowest BCUT2D eigenvalue weighted by Crippen LogP contribution is -2.52. The first-order chi connectivity index (χ1) is 12.6. The van der Waals surface area contributed by atoms with Crippen LogP contribution in [0.25, 0.3) is 10.8 Å². The zero-order valence-corrected chi connectivity index (χ0v) is 16.4. The van der Waals surface area contributed by atoms with Crippen molar-refractivity contribution in [2.75, 3.05) is 18.8 Å². The molecule has 1 aliphatic rings. The average Bonchev–Trinajstić information content (AvgIpc) is 3.08. The molecule has 1 saturated heterocycles. The third-order valence-corrected chi connectivity index (χ3v) is 6.09. The molecule has 4 atom stereocenters. The van der Waals surface area contributed by atoms with Gasteiger partial charge in [0.2, 0.25) is 0 Å².